The molecular weight excluding hydrogens is 206 g/mol. The van der Waals surface area contributed by atoms with E-state index in [9.17, 15) is 4.79 Å². The van der Waals surface area contributed by atoms with Crippen molar-refractivity contribution in [1.82, 2.24) is 5.32 Å². The number of para-hydroxylation sites is 1. The maximum absolute atomic E-state index is 11.6. The molecule has 1 saturated heterocycles. The van der Waals surface area contributed by atoms with Crippen LogP contribution >= 0.6 is 0 Å². The normalized spacial score (nSPS) is 15.3. The number of anilines is 1. The SMILES string of the molecule is NOCCc1ccccc1N1CCNC1=O. The molecule has 0 atom stereocenters. The van der Waals surface area contributed by atoms with Gasteiger partial charge >= 0.3 is 6.03 Å². The molecule has 0 radical (unpaired) electrons. The summed E-state index contributed by atoms with van der Waals surface area (Å²) in [6, 6.07) is 7.76. The zero-order chi connectivity index (χ0) is 11.4. The van der Waals surface area contributed by atoms with Gasteiger partial charge in [-0.1, -0.05) is 18.2 Å². The third kappa shape index (κ3) is 2.15. The standard InChI is InChI=1S/C11H15N3O2/c12-16-8-5-9-3-1-2-4-10(9)14-7-6-13-11(14)15/h1-4H,5-8,12H2,(H,13,15). The Morgan fingerprint density at radius 1 is 1.44 bits per heavy atom. The van der Waals surface area contributed by atoms with E-state index in [0.717, 1.165) is 11.3 Å². The first kappa shape index (κ1) is 10.9. The Labute approximate surface area is 94.1 Å². The van der Waals surface area contributed by atoms with Crippen molar-refractivity contribution in [1.29, 1.82) is 0 Å². The minimum Gasteiger partial charge on any atom is -0.336 e. The number of rotatable bonds is 4. The van der Waals surface area contributed by atoms with Gasteiger partial charge in [0, 0.05) is 18.8 Å². The van der Waals surface area contributed by atoms with Gasteiger partial charge in [-0.05, 0) is 18.1 Å². The number of nitrogens with two attached hydrogens (primary N) is 1. The maximum atomic E-state index is 11.6. The molecule has 86 valence electrons. The van der Waals surface area contributed by atoms with Crippen LogP contribution in [0.3, 0.4) is 0 Å². The van der Waals surface area contributed by atoms with Crippen LogP contribution in [-0.4, -0.2) is 25.7 Å². The second-order valence-electron chi connectivity index (χ2n) is 3.63. The van der Waals surface area contributed by atoms with Crippen LogP contribution in [0.5, 0.6) is 0 Å². The fourth-order valence-corrected chi connectivity index (χ4v) is 1.86. The van der Waals surface area contributed by atoms with Gasteiger partial charge in [-0.3, -0.25) is 4.90 Å². The van der Waals surface area contributed by atoms with Gasteiger partial charge in [0.25, 0.3) is 0 Å². The fourth-order valence-electron chi connectivity index (χ4n) is 1.86. The topological polar surface area (TPSA) is 67.6 Å². The third-order valence-electron chi connectivity index (χ3n) is 2.63. The molecule has 3 N–H and O–H groups in total. The number of hydrogen-bond acceptors (Lipinski definition) is 3. The van der Waals surface area contributed by atoms with Gasteiger partial charge in [0.2, 0.25) is 0 Å². The molecule has 1 aliphatic heterocycles. The van der Waals surface area contributed by atoms with Crippen LogP contribution in [-0.2, 0) is 11.3 Å². The first-order valence-electron chi connectivity index (χ1n) is 5.28. The lowest BCUT2D eigenvalue weighted by molar-refractivity contribution is 0.141. The number of benzene rings is 1. The molecule has 2 rings (SSSR count). The Hall–Kier alpha value is -1.59. The predicted octanol–water partition coefficient (Wildman–Crippen LogP) is 0.649. The molecular formula is C11H15N3O2. The summed E-state index contributed by atoms with van der Waals surface area (Å²) in [6.07, 6.45) is 0.705. The van der Waals surface area contributed by atoms with Crippen molar-refractivity contribution in [2.24, 2.45) is 5.90 Å². The first-order valence-corrected chi connectivity index (χ1v) is 5.28. The molecule has 0 saturated carbocycles. The summed E-state index contributed by atoms with van der Waals surface area (Å²) in [6.45, 7) is 1.85. The molecule has 0 aliphatic carbocycles. The average Bonchev–Trinajstić information content (AvgIpc) is 2.73. The number of amides is 2. The Morgan fingerprint density at radius 3 is 2.94 bits per heavy atom. The van der Waals surface area contributed by atoms with Crippen LogP contribution in [0.25, 0.3) is 0 Å². The molecule has 16 heavy (non-hydrogen) atoms. The molecule has 0 unspecified atom stereocenters. The summed E-state index contributed by atoms with van der Waals surface area (Å²) in [5, 5.41) is 2.78. The van der Waals surface area contributed by atoms with Gasteiger partial charge in [0.15, 0.2) is 0 Å². The number of urea groups is 1. The van der Waals surface area contributed by atoms with Gasteiger partial charge in [0.05, 0.1) is 6.61 Å². The van der Waals surface area contributed by atoms with Crippen molar-refractivity contribution in [2.45, 2.75) is 6.42 Å². The fraction of sp³-hybridized carbons (Fsp3) is 0.364. The highest BCUT2D eigenvalue weighted by atomic mass is 16.6. The molecule has 5 nitrogen and oxygen atoms in total. The summed E-state index contributed by atoms with van der Waals surface area (Å²) >= 11 is 0. The van der Waals surface area contributed by atoms with Gasteiger partial charge in [-0.15, -0.1) is 0 Å². The van der Waals surface area contributed by atoms with Crippen LogP contribution in [0.2, 0.25) is 0 Å². The molecule has 0 spiro atoms. The van der Waals surface area contributed by atoms with Crippen LogP contribution < -0.4 is 16.1 Å². The second kappa shape index (κ2) is 4.96. The minimum absolute atomic E-state index is 0.0406. The Morgan fingerprint density at radius 2 is 2.25 bits per heavy atom. The van der Waals surface area contributed by atoms with E-state index in [0.29, 0.717) is 26.1 Å². The lowest BCUT2D eigenvalue weighted by atomic mass is 10.1. The molecule has 1 aliphatic rings. The Bertz CT molecular complexity index is 381. The van der Waals surface area contributed by atoms with Crippen molar-refractivity contribution in [2.75, 3.05) is 24.6 Å². The molecule has 0 aromatic heterocycles. The second-order valence-corrected chi connectivity index (χ2v) is 3.63. The van der Waals surface area contributed by atoms with Crippen molar-refractivity contribution in [3.8, 4) is 0 Å². The first-order chi connectivity index (χ1) is 7.83. The summed E-state index contributed by atoms with van der Waals surface area (Å²) in [4.78, 5) is 17.9. The van der Waals surface area contributed by atoms with Crippen molar-refractivity contribution in [3.05, 3.63) is 29.8 Å². The van der Waals surface area contributed by atoms with E-state index >= 15 is 0 Å². The van der Waals surface area contributed by atoms with Crippen molar-refractivity contribution in [3.63, 3.8) is 0 Å². The van der Waals surface area contributed by atoms with E-state index in [1.165, 1.54) is 0 Å². The van der Waals surface area contributed by atoms with E-state index in [2.05, 4.69) is 10.2 Å². The molecule has 1 heterocycles. The zero-order valence-corrected chi connectivity index (χ0v) is 8.98. The summed E-state index contributed by atoms with van der Waals surface area (Å²) < 4.78 is 0. The van der Waals surface area contributed by atoms with E-state index in [-0.39, 0.29) is 6.03 Å². The van der Waals surface area contributed by atoms with Crippen LogP contribution in [0, 0.1) is 0 Å². The lowest BCUT2D eigenvalue weighted by Crippen LogP contribution is -2.28. The summed E-state index contributed by atoms with van der Waals surface area (Å²) in [7, 11) is 0. The lowest BCUT2D eigenvalue weighted by Gasteiger charge is -2.18. The molecule has 2 amide bonds. The van der Waals surface area contributed by atoms with Crippen molar-refractivity contribution >= 4 is 11.7 Å². The summed E-state index contributed by atoms with van der Waals surface area (Å²) in [5.41, 5.74) is 2.01. The Kier molecular flexibility index (Phi) is 3.38. The van der Waals surface area contributed by atoms with Crippen molar-refractivity contribution < 1.29 is 9.63 Å². The zero-order valence-electron chi connectivity index (χ0n) is 8.98. The molecule has 0 bridgehead atoms. The summed E-state index contributed by atoms with van der Waals surface area (Å²) in [5.74, 6) is 5.01. The number of nitrogens with zero attached hydrogens (tertiary/aromatic N) is 1. The van der Waals surface area contributed by atoms with E-state index in [1.807, 2.05) is 24.3 Å². The third-order valence-corrected chi connectivity index (χ3v) is 2.63. The maximum Gasteiger partial charge on any atom is 0.322 e. The van der Waals surface area contributed by atoms with Gasteiger partial charge < -0.3 is 10.2 Å². The quantitative estimate of drug-likeness (QED) is 0.733. The monoisotopic (exact) mass is 221 g/mol. The number of carbonyl (C=O) groups excluding carboxylic acids is 1. The van der Waals surface area contributed by atoms with E-state index in [4.69, 9.17) is 5.90 Å². The highest BCUT2D eigenvalue weighted by Gasteiger charge is 2.22. The van der Waals surface area contributed by atoms with E-state index < -0.39 is 0 Å². The number of hydrogen-bond donors (Lipinski definition) is 2. The highest BCUT2D eigenvalue weighted by Crippen LogP contribution is 2.22. The Balaban J connectivity index is 2.21. The highest BCUT2D eigenvalue weighted by molar-refractivity contribution is 5.94. The van der Waals surface area contributed by atoms with Gasteiger partial charge in [-0.25, -0.2) is 10.7 Å². The van der Waals surface area contributed by atoms with E-state index in [1.54, 1.807) is 4.90 Å². The van der Waals surface area contributed by atoms with Crippen LogP contribution in [0.4, 0.5) is 10.5 Å². The largest absolute Gasteiger partial charge is 0.336 e. The predicted molar refractivity (Wildman–Crippen MR) is 61.0 cm³/mol. The molecule has 1 aromatic rings. The average molecular weight is 221 g/mol. The van der Waals surface area contributed by atoms with Gasteiger partial charge in [-0.2, -0.15) is 0 Å². The molecule has 1 fully saturated rings. The molecule has 1 aromatic carbocycles. The number of nitrogens with one attached hydrogen (secondary N) is 1. The minimum atomic E-state index is -0.0406. The molecule has 5 heteroatoms. The smallest absolute Gasteiger partial charge is 0.322 e. The van der Waals surface area contributed by atoms with Crippen LogP contribution in [0.15, 0.2) is 24.3 Å². The number of carbonyl (C=O) groups is 1. The van der Waals surface area contributed by atoms with Gasteiger partial charge in [0.1, 0.15) is 0 Å². The van der Waals surface area contributed by atoms with Crippen LogP contribution in [0.1, 0.15) is 5.56 Å².